The van der Waals surface area contributed by atoms with E-state index in [0.29, 0.717) is 38.8 Å². The maximum absolute atomic E-state index is 12.2. The Morgan fingerprint density at radius 2 is 1.40 bits per heavy atom. The summed E-state index contributed by atoms with van der Waals surface area (Å²) in [5.74, 6) is 0.571. The Morgan fingerprint density at radius 3 is 1.87 bits per heavy atom. The lowest BCUT2D eigenvalue weighted by Gasteiger charge is -2.10. The van der Waals surface area contributed by atoms with Crippen LogP contribution in [0.1, 0.15) is 6.92 Å². The molecule has 3 amide bonds. The van der Waals surface area contributed by atoms with Crippen molar-refractivity contribution in [3.05, 3.63) is 53.7 Å². The van der Waals surface area contributed by atoms with Gasteiger partial charge in [0.05, 0.1) is 4.90 Å². The van der Waals surface area contributed by atoms with Crippen LogP contribution in [0.2, 0.25) is 5.15 Å². The summed E-state index contributed by atoms with van der Waals surface area (Å²) in [6.07, 6.45) is 1.85. The second kappa shape index (κ2) is 9.47. The molecular weight excluding hydrogens is 424 g/mol. The van der Waals surface area contributed by atoms with Gasteiger partial charge in [-0.15, -0.1) is 11.8 Å². The highest BCUT2D eigenvalue weighted by Gasteiger charge is 2.12. The fraction of sp³-hybridized carbons (Fsp3) is 0.100. The topological polar surface area (TPSA) is 122 Å². The number of carbonyl (C=O) groups is 2. The van der Waals surface area contributed by atoms with Gasteiger partial charge in [-0.3, -0.25) is 4.79 Å². The van der Waals surface area contributed by atoms with Crippen molar-refractivity contribution in [3.63, 3.8) is 0 Å². The molecule has 0 unspecified atom stereocenters. The molecule has 0 spiro atoms. The quantitative estimate of drug-likeness (QED) is 0.335. The number of halogens is 1. The second-order valence-electron chi connectivity index (χ2n) is 6.17. The molecule has 2 aromatic carbocycles. The molecule has 0 fully saturated rings. The first-order valence-corrected chi connectivity index (χ1v) is 10.4. The van der Waals surface area contributed by atoms with Crippen LogP contribution in [0.5, 0.6) is 0 Å². The van der Waals surface area contributed by atoms with Gasteiger partial charge in [0, 0.05) is 29.5 Å². The van der Waals surface area contributed by atoms with Crippen LogP contribution in [0, 0.1) is 0 Å². The summed E-state index contributed by atoms with van der Waals surface area (Å²) in [4.78, 5) is 32.4. The highest BCUT2D eigenvalue weighted by molar-refractivity contribution is 7.98. The standard InChI is InChI=1S/C20H19ClN6O2S/c1-11(28)23-13-7-9-15(10-8-13)25-20(29)24-14-5-3-12(4-6-14)19-26-17(21)16(30-2)18(22)27-19/h3-10H,1-2H3,(H,23,28)(H2,22,26,27)(H2,24,25,29). The number of rotatable bonds is 5. The fourth-order valence-electron chi connectivity index (χ4n) is 2.59. The average molecular weight is 443 g/mol. The van der Waals surface area contributed by atoms with E-state index < -0.39 is 6.03 Å². The molecule has 0 bridgehead atoms. The lowest BCUT2D eigenvalue weighted by Crippen LogP contribution is -2.19. The minimum Gasteiger partial charge on any atom is -0.383 e. The highest BCUT2D eigenvalue weighted by atomic mass is 35.5. The average Bonchev–Trinajstić information content (AvgIpc) is 2.69. The molecule has 8 nitrogen and oxygen atoms in total. The van der Waals surface area contributed by atoms with E-state index in [1.165, 1.54) is 18.7 Å². The summed E-state index contributed by atoms with van der Waals surface area (Å²) >= 11 is 7.54. The van der Waals surface area contributed by atoms with E-state index in [4.69, 9.17) is 17.3 Å². The Bertz CT molecular complexity index is 1050. The summed E-state index contributed by atoms with van der Waals surface area (Å²) < 4.78 is 0. The Balaban J connectivity index is 1.64. The van der Waals surface area contributed by atoms with Crippen LogP contribution in [-0.2, 0) is 4.79 Å². The van der Waals surface area contributed by atoms with E-state index in [1.54, 1.807) is 48.5 Å². The van der Waals surface area contributed by atoms with Gasteiger partial charge in [0.25, 0.3) is 0 Å². The van der Waals surface area contributed by atoms with Crippen molar-refractivity contribution >= 4 is 58.2 Å². The number of nitrogen functional groups attached to an aromatic ring is 1. The number of nitrogens with zero attached hydrogens (tertiary/aromatic N) is 2. The summed E-state index contributed by atoms with van der Waals surface area (Å²) in [5.41, 5.74) is 8.48. The van der Waals surface area contributed by atoms with E-state index in [2.05, 4.69) is 25.9 Å². The second-order valence-corrected chi connectivity index (χ2v) is 7.35. The van der Waals surface area contributed by atoms with E-state index in [9.17, 15) is 9.59 Å². The molecule has 0 atom stereocenters. The maximum Gasteiger partial charge on any atom is 0.323 e. The largest absolute Gasteiger partial charge is 0.383 e. The molecule has 3 aromatic rings. The third-order valence-corrected chi connectivity index (χ3v) is 5.11. The van der Waals surface area contributed by atoms with Gasteiger partial charge < -0.3 is 21.7 Å². The summed E-state index contributed by atoms with van der Waals surface area (Å²) in [6.45, 7) is 1.43. The Morgan fingerprint density at radius 1 is 0.900 bits per heavy atom. The summed E-state index contributed by atoms with van der Waals surface area (Å²) in [6, 6.07) is 13.4. The first-order chi connectivity index (χ1) is 14.4. The molecule has 3 rings (SSSR count). The Hall–Kier alpha value is -3.30. The molecule has 0 aliphatic carbocycles. The first-order valence-electron chi connectivity index (χ1n) is 8.79. The number of carbonyl (C=O) groups excluding carboxylic acids is 2. The molecule has 0 saturated carbocycles. The van der Waals surface area contributed by atoms with Crippen LogP contribution in [0.25, 0.3) is 11.4 Å². The summed E-state index contributed by atoms with van der Waals surface area (Å²) in [7, 11) is 0. The van der Waals surface area contributed by atoms with Crippen molar-refractivity contribution < 1.29 is 9.59 Å². The van der Waals surface area contributed by atoms with Crippen molar-refractivity contribution in [3.8, 4) is 11.4 Å². The molecule has 0 aliphatic rings. The molecule has 10 heteroatoms. The Labute approximate surface area is 182 Å². The number of nitrogens with two attached hydrogens (primary N) is 1. The monoisotopic (exact) mass is 442 g/mol. The summed E-state index contributed by atoms with van der Waals surface area (Å²) in [5, 5.41) is 8.43. The SMILES string of the molecule is CSc1c(N)nc(-c2ccc(NC(=O)Nc3ccc(NC(C)=O)cc3)cc2)nc1Cl. The van der Waals surface area contributed by atoms with Gasteiger partial charge in [0.15, 0.2) is 5.82 Å². The van der Waals surface area contributed by atoms with Gasteiger partial charge in [-0.05, 0) is 54.8 Å². The van der Waals surface area contributed by atoms with Crippen molar-refractivity contribution in [1.29, 1.82) is 0 Å². The van der Waals surface area contributed by atoms with Crippen LogP contribution in [0.3, 0.4) is 0 Å². The van der Waals surface area contributed by atoms with Crippen molar-refractivity contribution in [2.75, 3.05) is 27.9 Å². The number of aromatic nitrogens is 2. The molecule has 0 radical (unpaired) electrons. The van der Waals surface area contributed by atoms with Gasteiger partial charge in [-0.2, -0.15) is 0 Å². The van der Waals surface area contributed by atoms with Crippen LogP contribution < -0.4 is 21.7 Å². The molecule has 1 aromatic heterocycles. The van der Waals surface area contributed by atoms with E-state index in [0.717, 1.165) is 5.56 Å². The Kier molecular flexibility index (Phi) is 6.76. The number of hydrogen-bond donors (Lipinski definition) is 4. The van der Waals surface area contributed by atoms with Gasteiger partial charge in [0.1, 0.15) is 11.0 Å². The zero-order chi connectivity index (χ0) is 21.7. The predicted octanol–water partition coefficient (Wildman–Crippen LogP) is 4.70. The zero-order valence-electron chi connectivity index (χ0n) is 16.2. The van der Waals surface area contributed by atoms with Gasteiger partial charge in [0.2, 0.25) is 5.91 Å². The smallest absolute Gasteiger partial charge is 0.323 e. The number of amides is 3. The molecule has 154 valence electrons. The highest BCUT2D eigenvalue weighted by Crippen LogP contribution is 2.31. The predicted molar refractivity (Wildman–Crippen MR) is 122 cm³/mol. The molecule has 0 aliphatic heterocycles. The van der Waals surface area contributed by atoms with Crippen LogP contribution >= 0.6 is 23.4 Å². The maximum atomic E-state index is 12.2. The number of urea groups is 1. The van der Waals surface area contributed by atoms with Crippen LogP contribution in [0.4, 0.5) is 27.7 Å². The third kappa shape index (κ3) is 5.40. The molecule has 5 N–H and O–H groups in total. The zero-order valence-corrected chi connectivity index (χ0v) is 17.8. The van der Waals surface area contributed by atoms with Crippen LogP contribution in [0.15, 0.2) is 53.4 Å². The number of hydrogen-bond acceptors (Lipinski definition) is 6. The van der Waals surface area contributed by atoms with Crippen molar-refractivity contribution in [2.24, 2.45) is 0 Å². The first kappa shape index (κ1) is 21.4. The minimum absolute atomic E-state index is 0.160. The van der Waals surface area contributed by atoms with Crippen molar-refractivity contribution in [2.45, 2.75) is 11.8 Å². The molecule has 0 saturated heterocycles. The number of benzene rings is 2. The van der Waals surface area contributed by atoms with Crippen LogP contribution in [-0.4, -0.2) is 28.2 Å². The molecular formula is C20H19ClN6O2S. The molecule has 1 heterocycles. The lowest BCUT2D eigenvalue weighted by molar-refractivity contribution is -0.114. The van der Waals surface area contributed by atoms with E-state index >= 15 is 0 Å². The van der Waals surface area contributed by atoms with Crippen molar-refractivity contribution in [1.82, 2.24) is 9.97 Å². The third-order valence-electron chi connectivity index (χ3n) is 3.92. The van der Waals surface area contributed by atoms with E-state index in [1.807, 2.05) is 6.26 Å². The van der Waals surface area contributed by atoms with E-state index in [-0.39, 0.29) is 5.91 Å². The number of anilines is 4. The van der Waals surface area contributed by atoms with Gasteiger partial charge in [-0.1, -0.05) is 11.6 Å². The number of nitrogens with one attached hydrogen (secondary N) is 3. The molecule has 30 heavy (non-hydrogen) atoms. The van der Waals surface area contributed by atoms with Gasteiger partial charge >= 0.3 is 6.03 Å². The van der Waals surface area contributed by atoms with Gasteiger partial charge in [-0.25, -0.2) is 14.8 Å². The minimum atomic E-state index is -0.400. The number of thioether (sulfide) groups is 1. The lowest BCUT2D eigenvalue weighted by atomic mass is 10.2. The fourth-order valence-corrected chi connectivity index (χ4v) is 3.47. The normalized spacial score (nSPS) is 10.4.